The van der Waals surface area contributed by atoms with E-state index in [0.717, 1.165) is 23.4 Å². The number of hydrogen-bond donors (Lipinski definition) is 1. The molecule has 0 spiro atoms. The number of nitrogens with zero attached hydrogens (tertiary/aromatic N) is 1. The molecule has 2 atom stereocenters. The number of piperidine rings is 1. The largest absolute Gasteiger partial charge is 0.392 e. The highest BCUT2D eigenvalue weighted by Gasteiger charge is 2.26. The van der Waals surface area contributed by atoms with Gasteiger partial charge in [0.15, 0.2) is 5.78 Å². The molecule has 2 rings (SSSR count). The van der Waals surface area contributed by atoms with Crippen LogP contribution in [0.25, 0.3) is 0 Å². The fourth-order valence-corrected chi connectivity index (χ4v) is 3.40. The van der Waals surface area contributed by atoms with Gasteiger partial charge in [-0.2, -0.15) is 0 Å². The minimum atomic E-state index is -0.295. The number of aliphatic hydroxyl groups excluding tert-OH is 1. The molecule has 1 N–H and O–H groups in total. The number of aliphatic hydroxyl groups is 1. The molecule has 1 aliphatic rings. The third kappa shape index (κ3) is 2.99. The highest BCUT2D eigenvalue weighted by atomic mass is 32.1. The van der Waals surface area contributed by atoms with Gasteiger partial charge in [-0.15, -0.1) is 11.3 Å². The summed E-state index contributed by atoms with van der Waals surface area (Å²) in [5.74, 6) is 0.528. The lowest BCUT2D eigenvalue weighted by Crippen LogP contribution is -2.44. The number of rotatable bonds is 3. The number of thiophene rings is 1. The Hall–Kier alpha value is -0.710. The van der Waals surface area contributed by atoms with E-state index < -0.39 is 0 Å². The van der Waals surface area contributed by atoms with Crippen LogP contribution in [-0.4, -0.2) is 41.5 Å². The molecule has 0 aliphatic carbocycles. The molecule has 1 saturated heterocycles. The second-order valence-electron chi connectivity index (χ2n) is 5.32. The molecule has 4 heteroatoms. The van der Waals surface area contributed by atoms with Gasteiger partial charge in [-0.1, -0.05) is 6.92 Å². The first-order chi connectivity index (χ1) is 8.47. The quantitative estimate of drug-likeness (QED) is 0.854. The average Bonchev–Trinajstić information content (AvgIpc) is 2.63. The van der Waals surface area contributed by atoms with E-state index in [4.69, 9.17) is 0 Å². The van der Waals surface area contributed by atoms with E-state index in [1.54, 1.807) is 11.3 Å². The van der Waals surface area contributed by atoms with Crippen LogP contribution >= 0.6 is 11.3 Å². The first kappa shape index (κ1) is 13.7. The number of β-amino-alcohol motifs (C(OH)–C–C–N with tert-alkyl or cyclic N) is 1. The molecule has 3 nitrogen and oxygen atoms in total. The van der Waals surface area contributed by atoms with E-state index in [1.165, 1.54) is 4.88 Å². The highest BCUT2D eigenvalue weighted by molar-refractivity contribution is 7.12. The number of likely N-dealkylation sites (tertiary alicyclic amines) is 1. The fourth-order valence-electron chi connectivity index (χ4n) is 2.45. The predicted molar refractivity (Wildman–Crippen MR) is 74.4 cm³/mol. The molecule has 0 bridgehead atoms. The maximum absolute atomic E-state index is 12.2. The molecule has 0 saturated carbocycles. The lowest BCUT2D eigenvalue weighted by atomic mass is 9.95. The number of carbonyl (C=O) groups is 1. The molecule has 1 fully saturated rings. The monoisotopic (exact) mass is 267 g/mol. The van der Waals surface area contributed by atoms with Crippen LogP contribution in [0, 0.1) is 19.8 Å². The number of hydrogen-bond acceptors (Lipinski definition) is 4. The number of carbonyl (C=O) groups excluding carboxylic acids is 1. The zero-order chi connectivity index (χ0) is 13.3. The van der Waals surface area contributed by atoms with E-state index in [-0.39, 0.29) is 11.9 Å². The van der Waals surface area contributed by atoms with Gasteiger partial charge in [0.2, 0.25) is 0 Å². The average molecular weight is 267 g/mol. The van der Waals surface area contributed by atoms with Crippen molar-refractivity contribution in [3.05, 3.63) is 21.4 Å². The normalized spacial score (nSPS) is 25.3. The first-order valence-electron chi connectivity index (χ1n) is 6.48. The summed E-state index contributed by atoms with van der Waals surface area (Å²) < 4.78 is 0. The van der Waals surface area contributed by atoms with Crippen LogP contribution in [0.15, 0.2) is 6.07 Å². The van der Waals surface area contributed by atoms with Crippen LogP contribution < -0.4 is 0 Å². The minimum Gasteiger partial charge on any atom is -0.392 e. The van der Waals surface area contributed by atoms with Gasteiger partial charge in [-0.05, 0) is 38.8 Å². The summed E-state index contributed by atoms with van der Waals surface area (Å²) in [6, 6.07) is 1.98. The Morgan fingerprint density at radius 1 is 1.56 bits per heavy atom. The Labute approximate surface area is 112 Å². The van der Waals surface area contributed by atoms with Crippen LogP contribution in [0.3, 0.4) is 0 Å². The SMILES string of the molecule is Cc1cc(C(=O)CN2CCC(C)C(O)C2)c(C)s1. The summed E-state index contributed by atoms with van der Waals surface area (Å²) in [5, 5.41) is 9.84. The molecule has 2 unspecified atom stereocenters. The zero-order valence-corrected chi connectivity index (χ0v) is 12.1. The topological polar surface area (TPSA) is 40.5 Å². The van der Waals surface area contributed by atoms with E-state index >= 15 is 0 Å². The Morgan fingerprint density at radius 3 is 2.83 bits per heavy atom. The molecule has 2 heterocycles. The van der Waals surface area contributed by atoms with E-state index in [1.807, 2.05) is 19.9 Å². The maximum atomic E-state index is 12.2. The van der Waals surface area contributed by atoms with Crippen LogP contribution in [0.2, 0.25) is 0 Å². The summed E-state index contributed by atoms with van der Waals surface area (Å²) in [6.45, 7) is 8.05. The second-order valence-corrected chi connectivity index (χ2v) is 6.78. The van der Waals surface area contributed by atoms with Crippen molar-refractivity contribution >= 4 is 17.1 Å². The van der Waals surface area contributed by atoms with Gasteiger partial charge in [0.1, 0.15) is 0 Å². The van der Waals surface area contributed by atoms with E-state index in [0.29, 0.717) is 19.0 Å². The van der Waals surface area contributed by atoms with Gasteiger partial charge in [0.05, 0.1) is 12.6 Å². The van der Waals surface area contributed by atoms with Crippen molar-refractivity contribution in [2.24, 2.45) is 5.92 Å². The standard InChI is InChI=1S/C14H21NO2S/c1-9-4-5-15(7-13(9)16)8-14(17)12-6-10(2)18-11(12)3/h6,9,13,16H,4-5,7-8H2,1-3H3. The molecular weight excluding hydrogens is 246 g/mol. The summed E-state index contributed by atoms with van der Waals surface area (Å²) >= 11 is 1.67. The van der Waals surface area contributed by atoms with Crippen molar-refractivity contribution in [1.29, 1.82) is 0 Å². The lowest BCUT2D eigenvalue weighted by molar-refractivity contribution is 0.0295. The zero-order valence-electron chi connectivity index (χ0n) is 11.3. The third-order valence-corrected chi connectivity index (χ3v) is 4.68. The summed E-state index contributed by atoms with van der Waals surface area (Å²) in [4.78, 5) is 16.6. The van der Waals surface area contributed by atoms with Gasteiger partial charge in [0.25, 0.3) is 0 Å². The van der Waals surface area contributed by atoms with Crippen LogP contribution in [0.5, 0.6) is 0 Å². The minimum absolute atomic E-state index is 0.179. The van der Waals surface area contributed by atoms with E-state index in [9.17, 15) is 9.90 Å². The Balaban J connectivity index is 1.98. The number of ketones is 1. The van der Waals surface area contributed by atoms with Gasteiger partial charge in [-0.25, -0.2) is 0 Å². The van der Waals surface area contributed by atoms with Gasteiger partial charge >= 0.3 is 0 Å². The summed E-state index contributed by atoms with van der Waals surface area (Å²) in [5.41, 5.74) is 0.852. The Morgan fingerprint density at radius 2 is 2.28 bits per heavy atom. The van der Waals surface area contributed by atoms with E-state index in [2.05, 4.69) is 11.8 Å². The van der Waals surface area contributed by atoms with Gasteiger partial charge in [-0.3, -0.25) is 9.69 Å². The molecule has 1 aromatic heterocycles. The fraction of sp³-hybridized carbons (Fsp3) is 0.643. The highest BCUT2D eigenvalue weighted by Crippen LogP contribution is 2.22. The molecule has 100 valence electrons. The van der Waals surface area contributed by atoms with Crippen LogP contribution in [0.4, 0.5) is 0 Å². The Kier molecular flexibility index (Phi) is 4.20. The Bertz CT molecular complexity index is 441. The molecule has 1 aromatic rings. The third-order valence-electron chi connectivity index (χ3n) is 3.71. The molecule has 18 heavy (non-hydrogen) atoms. The van der Waals surface area contributed by atoms with Crippen molar-refractivity contribution in [3.8, 4) is 0 Å². The molecule has 1 aliphatic heterocycles. The van der Waals surface area contributed by atoms with Gasteiger partial charge < -0.3 is 5.11 Å². The van der Waals surface area contributed by atoms with Crippen molar-refractivity contribution in [2.75, 3.05) is 19.6 Å². The maximum Gasteiger partial charge on any atom is 0.177 e. The smallest absolute Gasteiger partial charge is 0.177 e. The molecule has 0 radical (unpaired) electrons. The van der Waals surface area contributed by atoms with Crippen molar-refractivity contribution < 1.29 is 9.90 Å². The summed E-state index contributed by atoms with van der Waals surface area (Å²) in [7, 11) is 0. The first-order valence-corrected chi connectivity index (χ1v) is 7.29. The lowest BCUT2D eigenvalue weighted by Gasteiger charge is -2.33. The number of Topliss-reactive ketones (excluding diaryl/α,β-unsaturated/α-hetero) is 1. The predicted octanol–water partition coefficient (Wildman–Crippen LogP) is 2.25. The van der Waals surface area contributed by atoms with Crippen LogP contribution in [0.1, 0.15) is 33.5 Å². The van der Waals surface area contributed by atoms with Gasteiger partial charge in [0, 0.05) is 21.9 Å². The van der Waals surface area contributed by atoms with Crippen molar-refractivity contribution in [2.45, 2.75) is 33.3 Å². The van der Waals surface area contributed by atoms with Crippen LogP contribution in [-0.2, 0) is 0 Å². The second kappa shape index (κ2) is 5.51. The molecule has 0 amide bonds. The van der Waals surface area contributed by atoms with Crippen molar-refractivity contribution in [1.82, 2.24) is 4.90 Å². The summed E-state index contributed by atoms with van der Waals surface area (Å²) in [6.07, 6.45) is 0.674. The van der Waals surface area contributed by atoms with Crippen molar-refractivity contribution in [3.63, 3.8) is 0 Å². The number of aryl methyl sites for hydroxylation is 2. The molecule has 0 aromatic carbocycles. The molecular formula is C14H21NO2S.